The number of nitrogens with zero attached hydrogens (tertiary/aromatic N) is 2. The molecule has 32 heavy (non-hydrogen) atoms. The van der Waals surface area contributed by atoms with Crippen LogP contribution in [0.2, 0.25) is 0 Å². The van der Waals surface area contributed by atoms with Crippen LogP contribution in [0.4, 0.5) is 17.1 Å². The molecule has 0 aliphatic carbocycles. The number of rotatable bonds is 8. The molecule has 0 saturated carbocycles. The topological polar surface area (TPSA) is 96.0 Å². The second kappa shape index (κ2) is 10.1. The number of carbonyl (C=O) groups excluding carboxylic acids is 2. The molecule has 1 unspecified atom stereocenters. The minimum absolute atomic E-state index is 0.159. The lowest BCUT2D eigenvalue weighted by atomic mass is 10.2. The zero-order valence-corrected chi connectivity index (χ0v) is 19.3. The van der Waals surface area contributed by atoms with Gasteiger partial charge in [-0.3, -0.25) is 9.59 Å². The normalized spacial score (nSPS) is 16.7. The Kier molecular flexibility index (Phi) is 7.52. The summed E-state index contributed by atoms with van der Waals surface area (Å²) in [4.78, 5) is 26.9. The first-order valence-electron chi connectivity index (χ1n) is 10.5. The second-order valence-corrected chi connectivity index (χ2v) is 9.97. The molecule has 2 aromatic carbocycles. The number of anilines is 3. The lowest BCUT2D eigenvalue weighted by Gasteiger charge is -2.27. The van der Waals surface area contributed by atoms with E-state index in [1.165, 1.54) is 0 Å². The van der Waals surface area contributed by atoms with Crippen molar-refractivity contribution in [2.24, 2.45) is 0 Å². The van der Waals surface area contributed by atoms with Gasteiger partial charge in [-0.15, -0.1) is 0 Å². The maximum Gasteiger partial charge on any atom is 0.324 e. The van der Waals surface area contributed by atoms with Gasteiger partial charge in [-0.25, -0.2) is 8.42 Å². The number of para-hydroxylation sites is 1. The van der Waals surface area contributed by atoms with Crippen molar-refractivity contribution in [3.05, 3.63) is 54.6 Å². The van der Waals surface area contributed by atoms with Crippen molar-refractivity contribution in [2.75, 3.05) is 29.6 Å². The molecule has 2 aromatic rings. The van der Waals surface area contributed by atoms with Gasteiger partial charge in [0.1, 0.15) is 6.04 Å². The van der Waals surface area contributed by atoms with Gasteiger partial charge in [-0.05, 0) is 63.1 Å². The third-order valence-electron chi connectivity index (χ3n) is 5.23. The molecular formula is C23H29N3O5S. The van der Waals surface area contributed by atoms with Crippen molar-refractivity contribution in [3.63, 3.8) is 0 Å². The lowest BCUT2D eigenvalue weighted by Crippen LogP contribution is -2.43. The summed E-state index contributed by atoms with van der Waals surface area (Å²) in [5.74, 6) is -1.06. The number of ether oxygens (including phenoxy) is 1. The zero-order chi connectivity index (χ0) is 23.3. The van der Waals surface area contributed by atoms with Crippen molar-refractivity contribution in [1.82, 2.24) is 4.31 Å². The fourth-order valence-corrected chi connectivity index (χ4v) is 4.91. The molecule has 0 aromatic heterocycles. The smallest absolute Gasteiger partial charge is 0.324 e. The summed E-state index contributed by atoms with van der Waals surface area (Å²) < 4.78 is 30.1. The Balaban J connectivity index is 1.64. The molecular weight excluding hydrogens is 430 g/mol. The third kappa shape index (κ3) is 5.86. The molecule has 1 saturated heterocycles. The minimum atomic E-state index is -3.50. The largest absolute Gasteiger partial charge is 0.454 e. The van der Waals surface area contributed by atoms with Crippen LogP contribution in [-0.4, -0.2) is 56.1 Å². The molecule has 1 heterocycles. The van der Waals surface area contributed by atoms with E-state index in [0.29, 0.717) is 18.5 Å². The molecule has 1 N–H and O–H groups in total. The summed E-state index contributed by atoms with van der Waals surface area (Å²) in [6.45, 7) is 3.58. The average molecular weight is 460 g/mol. The highest BCUT2D eigenvalue weighted by Gasteiger charge is 2.38. The van der Waals surface area contributed by atoms with Gasteiger partial charge >= 0.3 is 5.97 Å². The molecule has 1 aliphatic rings. The van der Waals surface area contributed by atoms with Gasteiger partial charge in [0.2, 0.25) is 10.0 Å². The standard InChI is InChI=1S/C23H29N3O5S/c1-17(2)26(20-13-11-19(12-14-20)24-18-8-5-4-6-9-18)22(27)16-31-23(28)21-10-7-15-25(21)32(3,29)30/h4-6,8-9,11-14,17,21,24H,7,10,15-16H2,1-3H3. The van der Waals surface area contributed by atoms with E-state index in [2.05, 4.69) is 5.32 Å². The van der Waals surface area contributed by atoms with E-state index < -0.39 is 28.6 Å². The summed E-state index contributed by atoms with van der Waals surface area (Å²) in [6, 6.07) is 16.1. The van der Waals surface area contributed by atoms with Gasteiger partial charge in [-0.1, -0.05) is 18.2 Å². The Morgan fingerprint density at radius 2 is 1.72 bits per heavy atom. The van der Waals surface area contributed by atoms with E-state index in [4.69, 9.17) is 4.74 Å². The molecule has 1 aliphatic heterocycles. The highest BCUT2D eigenvalue weighted by Crippen LogP contribution is 2.24. The Hall–Kier alpha value is -2.91. The molecule has 3 rings (SSSR count). The van der Waals surface area contributed by atoms with Crippen LogP contribution < -0.4 is 10.2 Å². The van der Waals surface area contributed by atoms with Gasteiger partial charge in [0.05, 0.1) is 6.26 Å². The molecule has 0 bridgehead atoms. The number of amides is 1. The summed E-state index contributed by atoms with van der Waals surface area (Å²) in [6.07, 6.45) is 2.05. The predicted octanol–water partition coefficient (Wildman–Crippen LogP) is 3.14. The first kappa shape index (κ1) is 23.7. The van der Waals surface area contributed by atoms with Crippen molar-refractivity contribution >= 4 is 39.0 Å². The van der Waals surface area contributed by atoms with Crippen molar-refractivity contribution in [1.29, 1.82) is 0 Å². The molecule has 0 radical (unpaired) electrons. The van der Waals surface area contributed by atoms with Crippen LogP contribution in [0.25, 0.3) is 0 Å². The van der Waals surface area contributed by atoms with E-state index in [9.17, 15) is 18.0 Å². The molecule has 9 heteroatoms. The summed E-state index contributed by atoms with van der Waals surface area (Å²) in [7, 11) is -3.50. The number of nitrogens with one attached hydrogen (secondary N) is 1. The third-order valence-corrected chi connectivity index (χ3v) is 6.52. The summed E-state index contributed by atoms with van der Waals surface area (Å²) in [5.41, 5.74) is 2.52. The van der Waals surface area contributed by atoms with Crippen LogP contribution in [0.5, 0.6) is 0 Å². The monoisotopic (exact) mass is 459 g/mol. The molecule has 8 nitrogen and oxygen atoms in total. The van der Waals surface area contributed by atoms with Gasteiger partial charge in [0.25, 0.3) is 5.91 Å². The maximum absolute atomic E-state index is 12.9. The van der Waals surface area contributed by atoms with Crippen molar-refractivity contribution in [3.8, 4) is 0 Å². The van der Waals surface area contributed by atoms with Crippen molar-refractivity contribution in [2.45, 2.75) is 38.8 Å². The van der Waals surface area contributed by atoms with Gasteiger partial charge in [0.15, 0.2) is 6.61 Å². The van der Waals surface area contributed by atoms with Crippen LogP contribution in [0.3, 0.4) is 0 Å². The van der Waals surface area contributed by atoms with Crippen molar-refractivity contribution < 1.29 is 22.7 Å². The van der Waals surface area contributed by atoms with E-state index in [0.717, 1.165) is 21.9 Å². The van der Waals surface area contributed by atoms with Gasteiger partial charge in [0, 0.05) is 29.6 Å². The van der Waals surface area contributed by atoms with E-state index in [1.807, 2.05) is 68.4 Å². The summed E-state index contributed by atoms with van der Waals surface area (Å²) in [5, 5.41) is 3.29. The molecule has 1 atom stereocenters. The van der Waals surface area contributed by atoms with Crippen LogP contribution in [0.1, 0.15) is 26.7 Å². The predicted molar refractivity (Wildman–Crippen MR) is 124 cm³/mol. The Morgan fingerprint density at radius 3 is 2.31 bits per heavy atom. The number of esters is 1. The van der Waals surface area contributed by atoms with Crippen LogP contribution in [0.15, 0.2) is 54.6 Å². The number of sulfonamides is 1. The molecule has 1 fully saturated rings. The Bertz CT molecular complexity index is 1040. The van der Waals surface area contributed by atoms with E-state index in [-0.39, 0.29) is 18.5 Å². The first-order chi connectivity index (χ1) is 15.2. The van der Waals surface area contributed by atoms with Crippen LogP contribution in [-0.2, 0) is 24.3 Å². The fourth-order valence-electron chi connectivity index (χ4n) is 3.79. The lowest BCUT2D eigenvalue weighted by molar-refractivity contribution is -0.151. The molecule has 0 spiro atoms. The van der Waals surface area contributed by atoms with Crippen LogP contribution >= 0.6 is 0 Å². The quantitative estimate of drug-likeness (QED) is 0.610. The second-order valence-electron chi connectivity index (χ2n) is 8.03. The number of carbonyl (C=O) groups is 2. The van der Waals surface area contributed by atoms with Gasteiger partial charge < -0.3 is 15.0 Å². The Labute approximate surface area is 189 Å². The van der Waals surface area contributed by atoms with E-state index in [1.54, 1.807) is 4.90 Å². The first-order valence-corrected chi connectivity index (χ1v) is 12.4. The Morgan fingerprint density at radius 1 is 1.09 bits per heavy atom. The van der Waals surface area contributed by atoms with Crippen LogP contribution in [0, 0.1) is 0 Å². The zero-order valence-electron chi connectivity index (χ0n) is 18.5. The number of hydrogen-bond donors (Lipinski definition) is 1. The molecule has 1 amide bonds. The number of hydrogen-bond acceptors (Lipinski definition) is 6. The maximum atomic E-state index is 12.9. The minimum Gasteiger partial charge on any atom is -0.454 e. The fraction of sp³-hybridized carbons (Fsp3) is 0.391. The average Bonchev–Trinajstić information content (AvgIpc) is 3.25. The summed E-state index contributed by atoms with van der Waals surface area (Å²) >= 11 is 0. The van der Waals surface area contributed by atoms with Gasteiger partial charge in [-0.2, -0.15) is 4.31 Å². The highest BCUT2D eigenvalue weighted by atomic mass is 32.2. The SMILES string of the molecule is CC(C)N(C(=O)COC(=O)C1CCCN1S(C)(=O)=O)c1ccc(Nc2ccccc2)cc1. The number of benzene rings is 2. The van der Waals surface area contributed by atoms with E-state index >= 15 is 0 Å². The highest BCUT2D eigenvalue weighted by molar-refractivity contribution is 7.88. The molecule has 172 valence electrons.